The van der Waals surface area contributed by atoms with Crippen LogP contribution in [-0.4, -0.2) is 26.2 Å². The smallest absolute Gasteiger partial charge is 0.336 e. The quantitative estimate of drug-likeness (QED) is 0.511. The Hall–Kier alpha value is -3.12. The van der Waals surface area contributed by atoms with Crippen molar-refractivity contribution in [2.75, 3.05) is 14.2 Å². The van der Waals surface area contributed by atoms with Gasteiger partial charge in [-0.3, -0.25) is 10.1 Å². The molecule has 27 heavy (non-hydrogen) atoms. The topological polar surface area (TPSA) is 77.8 Å². The molecule has 6 heteroatoms. The fourth-order valence-electron chi connectivity index (χ4n) is 2.95. The normalized spacial score (nSPS) is 11.9. The fourth-order valence-corrected chi connectivity index (χ4v) is 2.95. The minimum Gasteiger partial charge on any atom is -0.497 e. The Morgan fingerprint density at radius 3 is 2.59 bits per heavy atom. The lowest BCUT2D eigenvalue weighted by atomic mass is 10.0. The van der Waals surface area contributed by atoms with Gasteiger partial charge in [-0.2, -0.15) is 0 Å². The Kier molecular flexibility index (Phi) is 5.88. The highest BCUT2D eigenvalue weighted by Crippen LogP contribution is 2.22. The van der Waals surface area contributed by atoms with E-state index in [-0.39, 0.29) is 5.97 Å². The number of hydrogen-bond donors (Lipinski definition) is 1. The molecule has 0 bridgehead atoms. The van der Waals surface area contributed by atoms with E-state index < -0.39 is 11.7 Å². The lowest BCUT2D eigenvalue weighted by molar-refractivity contribution is -0.143. The summed E-state index contributed by atoms with van der Waals surface area (Å²) in [6.07, 6.45) is 0.487. The molecule has 3 rings (SSSR count). The molecule has 2 aromatic carbocycles. The lowest BCUT2D eigenvalue weighted by Gasteiger charge is -2.17. The molecule has 0 aliphatic carbocycles. The molecule has 0 aliphatic rings. The van der Waals surface area contributed by atoms with E-state index in [1.807, 2.05) is 36.4 Å². The number of ether oxygens (including phenoxy) is 2. The predicted octanol–water partition coefficient (Wildman–Crippen LogP) is 2.68. The van der Waals surface area contributed by atoms with E-state index >= 15 is 0 Å². The van der Waals surface area contributed by atoms with Gasteiger partial charge in [-0.25, -0.2) is 4.79 Å². The zero-order valence-electron chi connectivity index (χ0n) is 15.2. The van der Waals surface area contributed by atoms with Crippen LogP contribution in [0.2, 0.25) is 0 Å². The highest BCUT2D eigenvalue weighted by atomic mass is 16.5. The summed E-state index contributed by atoms with van der Waals surface area (Å²) in [6.45, 7) is 0.320. The zero-order valence-corrected chi connectivity index (χ0v) is 15.2. The molecule has 0 radical (unpaired) electrons. The number of fused-ring (bicyclic) bond motifs is 1. The van der Waals surface area contributed by atoms with Gasteiger partial charge < -0.3 is 13.9 Å². The summed E-state index contributed by atoms with van der Waals surface area (Å²) in [5, 5.41) is 3.98. The first-order valence-electron chi connectivity index (χ1n) is 8.56. The van der Waals surface area contributed by atoms with Crippen LogP contribution >= 0.6 is 0 Å². The van der Waals surface area contributed by atoms with Crippen molar-refractivity contribution in [1.82, 2.24) is 5.32 Å². The zero-order chi connectivity index (χ0) is 19.2. The molecule has 0 amide bonds. The van der Waals surface area contributed by atoms with E-state index in [1.54, 1.807) is 19.2 Å². The van der Waals surface area contributed by atoms with Crippen molar-refractivity contribution in [1.29, 1.82) is 0 Å². The van der Waals surface area contributed by atoms with Crippen molar-refractivity contribution >= 4 is 16.9 Å². The van der Waals surface area contributed by atoms with Crippen LogP contribution < -0.4 is 15.7 Å². The third-order valence-electron chi connectivity index (χ3n) is 4.34. The van der Waals surface area contributed by atoms with Gasteiger partial charge in [0.05, 0.1) is 14.2 Å². The number of esters is 1. The van der Waals surface area contributed by atoms with Crippen LogP contribution in [0.25, 0.3) is 11.0 Å². The molecule has 0 spiro atoms. The van der Waals surface area contributed by atoms with Crippen LogP contribution in [0.15, 0.2) is 63.8 Å². The van der Waals surface area contributed by atoms with E-state index in [0.717, 1.165) is 16.5 Å². The largest absolute Gasteiger partial charge is 0.497 e. The molecule has 0 fully saturated rings. The van der Waals surface area contributed by atoms with Gasteiger partial charge in [0.15, 0.2) is 0 Å². The average Bonchev–Trinajstić information content (AvgIpc) is 2.70. The molecule has 0 saturated heterocycles. The van der Waals surface area contributed by atoms with Crippen LogP contribution in [0.3, 0.4) is 0 Å². The van der Waals surface area contributed by atoms with Gasteiger partial charge >= 0.3 is 11.6 Å². The Morgan fingerprint density at radius 2 is 1.89 bits per heavy atom. The predicted molar refractivity (Wildman–Crippen MR) is 102 cm³/mol. The second kappa shape index (κ2) is 8.51. The Bertz CT molecular complexity index is 981. The second-order valence-corrected chi connectivity index (χ2v) is 6.10. The fraction of sp³-hybridized carbons (Fsp3) is 0.238. The molecule has 6 nitrogen and oxygen atoms in total. The maximum Gasteiger partial charge on any atom is 0.336 e. The molecule has 1 atom stereocenters. The van der Waals surface area contributed by atoms with E-state index in [1.165, 1.54) is 13.2 Å². The average molecular weight is 367 g/mol. The second-order valence-electron chi connectivity index (χ2n) is 6.10. The first kappa shape index (κ1) is 18.7. The summed E-state index contributed by atoms with van der Waals surface area (Å²) in [6, 6.07) is 15.9. The maximum absolute atomic E-state index is 12.2. The van der Waals surface area contributed by atoms with Gasteiger partial charge in [0.1, 0.15) is 17.4 Å². The van der Waals surface area contributed by atoms with Crippen LogP contribution in [0.1, 0.15) is 11.1 Å². The molecule has 0 saturated carbocycles. The number of nitrogens with one attached hydrogen (secondary N) is 1. The molecule has 1 heterocycles. The van der Waals surface area contributed by atoms with E-state index in [2.05, 4.69) is 5.32 Å². The lowest BCUT2D eigenvalue weighted by Crippen LogP contribution is -2.39. The van der Waals surface area contributed by atoms with Gasteiger partial charge in [0.2, 0.25) is 0 Å². The Morgan fingerprint density at radius 1 is 1.11 bits per heavy atom. The monoisotopic (exact) mass is 367 g/mol. The maximum atomic E-state index is 12.2. The van der Waals surface area contributed by atoms with E-state index in [9.17, 15) is 9.59 Å². The van der Waals surface area contributed by atoms with E-state index in [0.29, 0.717) is 24.3 Å². The van der Waals surface area contributed by atoms with Gasteiger partial charge in [-0.15, -0.1) is 0 Å². The molecular formula is C21H21NO5. The number of carbonyl (C=O) groups excluding carboxylic acids is 1. The Labute approximate surface area is 156 Å². The van der Waals surface area contributed by atoms with Gasteiger partial charge in [0.25, 0.3) is 0 Å². The molecule has 0 unspecified atom stereocenters. The molecule has 1 aromatic heterocycles. The standard InChI is InChI=1S/C21H21NO5/c1-25-16-8-9-17-15(11-20(23)27-19(17)12-16)13-22-18(21(24)26-2)10-14-6-4-3-5-7-14/h3-9,11-12,18,22H,10,13H2,1-2H3/t18-/m0/s1. The highest BCUT2D eigenvalue weighted by molar-refractivity contribution is 5.81. The Balaban J connectivity index is 1.84. The number of carbonyl (C=O) groups is 1. The molecule has 140 valence electrons. The van der Waals surface area contributed by atoms with Crippen molar-refractivity contribution in [3.63, 3.8) is 0 Å². The third-order valence-corrected chi connectivity index (χ3v) is 4.34. The van der Waals surface area contributed by atoms with E-state index in [4.69, 9.17) is 13.9 Å². The van der Waals surface area contributed by atoms with Crippen molar-refractivity contribution in [2.45, 2.75) is 19.0 Å². The summed E-state index contributed by atoms with van der Waals surface area (Å²) in [4.78, 5) is 24.1. The number of rotatable bonds is 7. The van der Waals surface area contributed by atoms with Crippen molar-refractivity contribution in [3.05, 3.63) is 76.1 Å². The highest BCUT2D eigenvalue weighted by Gasteiger charge is 2.20. The van der Waals surface area contributed by atoms with Crippen molar-refractivity contribution in [2.24, 2.45) is 0 Å². The summed E-state index contributed by atoms with van der Waals surface area (Å²) < 4.78 is 15.4. The number of hydrogen-bond acceptors (Lipinski definition) is 6. The van der Waals surface area contributed by atoms with Crippen molar-refractivity contribution < 1.29 is 18.7 Å². The molecule has 0 aliphatic heterocycles. The summed E-state index contributed by atoms with van der Waals surface area (Å²) in [5.41, 5.74) is 1.75. The summed E-state index contributed by atoms with van der Waals surface area (Å²) >= 11 is 0. The summed E-state index contributed by atoms with van der Waals surface area (Å²) in [7, 11) is 2.91. The van der Waals surface area contributed by atoms with Crippen LogP contribution in [-0.2, 0) is 22.5 Å². The summed E-state index contributed by atoms with van der Waals surface area (Å²) in [5.74, 6) is 0.250. The van der Waals surface area contributed by atoms with Gasteiger partial charge in [-0.05, 0) is 29.7 Å². The molecule has 3 aromatic rings. The van der Waals surface area contributed by atoms with Gasteiger partial charge in [0, 0.05) is 24.1 Å². The van der Waals surface area contributed by atoms with Crippen LogP contribution in [0.4, 0.5) is 0 Å². The minimum atomic E-state index is -0.530. The SMILES string of the molecule is COC(=O)[C@H](Cc1ccccc1)NCc1cc(=O)oc2cc(OC)ccc12. The third kappa shape index (κ3) is 4.54. The first-order valence-corrected chi connectivity index (χ1v) is 8.56. The van der Waals surface area contributed by atoms with Crippen LogP contribution in [0.5, 0.6) is 5.75 Å². The van der Waals surface area contributed by atoms with Crippen molar-refractivity contribution in [3.8, 4) is 5.75 Å². The first-order chi connectivity index (χ1) is 13.1. The van der Waals surface area contributed by atoms with Crippen LogP contribution in [0, 0.1) is 0 Å². The molecule has 1 N–H and O–H groups in total. The minimum absolute atomic E-state index is 0.320. The van der Waals surface area contributed by atoms with Gasteiger partial charge in [-0.1, -0.05) is 30.3 Å². The molecular weight excluding hydrogens is 346 g/mol. The number of methoxy groups -OCH3 is 2. The number of benzene rings is 2.